The first-order valence-corrected chi connectivity index (χ1v) is 7.42. The van der Waals surface area contributed by atoms with E-state index in [9.17, 15) is 24.1 Å². The van der Waals surface area contributed by atoms with Crippen molar-refractivity contribution in [1.29, 1.82) is 0 Å². The van der Waals surface area contributed by atoms with Crippen molar-refractivity contribution in [2.24, 2.45) is 0 Å². The number of esters is 2. The summed E-state index contributed by atoms with van der Waals surface area (Å²) in [4.78, 5) is 35.6. The van der Waals surface area contributed by atoms with Gasteiger partial charge in [0.05, 0.1) is 43.6 Å². The molecule has 0 radical (unpaired) electrons. The van der Waals surface area contributed by atoms with Crippen LogP contribution in [-0.4, -0.2) is 38.2 Å². The Bertz CT molecular complexity index is 890. The summed E-state index contributed by atoms with van der Waals surface area (Å²) in [6, 6.07) is 1.70. The molecule has 0 saturated heterocycles. The van der Waals surface area contributed by atoms with Gasteiger partial charge < -0.3 is 19.1 Å². The van der Waals surface area contributed by atoms with Crippen LogP contribution in [0.2, 0.25) is 0 Å². The molecule has 0 saturated carbocycles. The van der Waals surface area contributed by atoms with Gasteiger partial charge >= 0.3 is 17.6 Å². The average Bonchev–Trinajstić information content (AvgIpc) is 2.89. The van der Waals surface area contributed by atoms with E-state index in [1.165, 1.54) is 31.5 Å². The van der Waals surface area contributed by atoms with Gasteiger partial charge in [-0.05, 0) is 12.2 Å². The third-order valence-corrected chi connectivity index (χ3v) is 3.59. The van der Waals surface area contributed by atoms with E-state index in [0.29, 0.717) is 0 Å². The smallest absolute Gasteiger partial charge is 0.355 e. The van der Waals surface area contributed by atoms with Crippen LogP contribution in [0.5, 0.6) is 5.75 Å². The van der Waals surface area contributed by atoms with Gasteiger partial charge in [-0.25, -0.2) is 9.59 Å². The molecule has 27 heavy (non-hydrogen) atoms. The van der Waals surface area contributed by atoms with Crippen LogP contribution in [0, 0.1) is 15.9 Å². The van der Waals surface area contributed by atoms with E-state index in [2.05, 4.69) is 4.74 Å². The first-order chi connectivity index (χ1) is 12.8. The molecule has 0 fully saturated rings. The largest absolute Gasteiger partial charge is 0.494 e. The second kappa shape index (κ2) is 8.13. The fourth-order valence-corrected chi connectivity index (χ4v) is 2.38. The Morgan fingerprint density at radius 2 is 1.78 bits per heavy atom. The lowest BCUT2D eigenvalue weighted by Gasteiger charge is -2.24. The quantitative estimate of drug-likeness (QED) is 0.436. The zero-order valence-electron chi connectivity index (χ0n) is 14.6. The number of allylic oxidation sites excluding steroid dienone is 2. The normalized spacial score (nSPS) is 13.3. The van der Waals surface area contributed by atoms with E-state index in [1.54, 1.807) is 0 Å². The molecule has 0 bridgehead atoms. The van der Waals surface area contributed by atoms with Crippen molar-refractivity contribution in [1.82, 2.24) is 0 Å². The maximum absolute atomic E-state index is 14.2. The number of carbonyl (C=O) groups excluding carboxylic acids is 2. The fourth-order valence-electron chi connectivity index (χ4n) is 2.38. The second-order valence-corrected chi connectivity index (χ2v) is 5.05. The number of methoxy groups -OCH3 is 3. The SMILES string of the molecule is COC(=O)C1=C(C(=O)OC)N(c2cc(F)c([N+](=O)[O-])cc2OC)C=CC=C1. The Hall–Kier alpha value is -3.69. The molecule has 142 valence electrons. The summed E-state index contributed by atoms with van der Waals surface area (Å²) in [5.41, 5.74) is -1.29. The highest BCUT2D eigenvalue weighted by Crippen LogP contribution is 2.38. The number of hydrogen-bond donors (Lipinski definition) is 0. The highest BCUT2D eigenvalue weighted by Gasteiger charge is 2.30. The predicted molar refractivity (Wildman–Crippen MR) is 91.4 cm³/mol. The number of hydrogen-bond acceptors (Lipinski definition) is 8. The van der Waals surface area contributed by atoms with Gasteiger partial charge in [0.25, 0.3) is 0 Å². The van der Waals surface area contributed by atoms with Crippen molar-refractivity contribution in [3.05, 3.63) is 63.8 Å². The first kappa shape index (κ1) is 19.6. The van der Waals surface area contributed by atoms with E-state index < -0.39 is 28.4 Å². The van der Waals surface area contributed by atoms with Crippen LogP contribution >= 0.6 is 0 Å². The lowest BCUT2D eigenvalue weighted by Crippen LogP contribution is -2.27. The summed E-state index contributed by atoms with van der Waals surface area (Å²) in [5, 5.41) is 11.0. The lowest BCUT2D eigenvalue weighted by atomic mass is 10.1. The molecule has 0 atom stereocenters. The number of rotatable bonds is 5. The van der Waals surface area contributed by atoms with Crippen molar-refractivity contribution in [3.8, 4) is 5.75 Å². The average molecular weight is 378 g/mol. The molecular formula is C17H15FN2O7. The zero-order chi connectivity index (χ0) is 20.1. The Labute approximate surface area is 153 Å². The number of halogens is 1. The van der Waals surface area contributed by atoms with E-state index in [4.69, 9.17) is 9.47 Å². The lowest BCUT2D eigenvalue weighted by molar-refractivity contribution is -0.387. The Kier molecular flexibility index (Phi) is 5.91. The van der Waals surface area contributed by atoms with E-state index >= 15 is 0 Å². The summed E-state index contributed by atoms with van der Waals surface area (Å²) in [5.74, 6) is -2.99. The predicted octanol–water partition coefficient (Wildman–Crippen LogP) is 2.23. The van der Waals surface area contributed by atoms with Gasteiger partial charge in [0, 0.05) is 12.3 Å². The number of carbonyl (C=O) groups is 2. The van der Waals surface area contributed by atoms with E-state index in [0.717, 1.165) is 31.3 Å². The van der Waals surface area contributed by atoms with Crippen LogP contribution in [0.4, 0.5) is 15.8 Å². The summed E-state index contributed by atoms with van der Waals surface area (Å²) in [7, 11) is 3.46. The molecule has 10 heteroatoms. The topological polar surface area (TPSA) is 108 Å². The molecule has 0 amide bonds. The Morgan fingerprint density at radius 3 is 2.33 bits per heavy atom. The Morgan fingerprint density at radius 1 is 1.11 bits per heavy atom. The van der Waals surface area contributed by atoms with E-state index in [-0.39, 0.29) is 22.7 Å². The molecule has 1 aromatic rings. The molecule has 0 unspecified atom stereocenters. The summed E-state index contributed by atoms with van der Waals surface area (Å²) in [6.45, 7) is 0. The molecule has 1 aromatic carbocycles. The zero-order valence-corrected chi connectivity index (χ0v) is 14.6. The minimum absolute atomic E-state index is 0.0534. The van der Waals surface area contributed by atoms with Gasteiger partial charge in [-0.15, -0.1) is 0 Å². The molecular weight excluding hydrogens is 363 g/mol. The maximum Gasteiger partial charge on any atom is 0.355 e. The Balaban J connectivity index is 2.78. The van der Waals surface area contributed by atoms with Gasteiger partial charge in [0.2, 0.25) is 5.82 Å². The van der Waals surface area contributed by atoms with Gasteiger partial charge in [0.1, 0.15) is 11.4 Å². The van der Waals surface area contributed by atoms with Gasteiger partial charge in [-0.1, -0.05) is 6.08 Å². The van der Waals surface area contributed by atoms with Crippen LogP contribution in [0.1, 0.15) is 0 Å². The van der Waals surface area contributed by atoms with Crippen LogP contribution < -0.4 is 9.64 Å². The monoisotopic (exact) mass is 378 g/mol. The van der Waals surface area contributed by atoms with Gasteiger partial charge in [-0.3, -0.25) is 10.1 Å². The van der Waals surface area contributed by atoms with Crippen molar-refractivity contribution in [3.63, 3.8) is 0 Å². The molecule has 2 rings (SSSR count). The van der Waals surface area contributed by atoms with Crippen molar-refractivity contribution < 1.29 is 33.1 Å². The van der Waals surface area contributed by atoms with Gasteiger partial charge in [0.15, 0.2) is 0 Å². The molecule has 0 aliphatic carbocycles. The van der Waals surface area contributed by atoms with Crippen LogP contribution in [0.3, 0.4) is 0 Å². The van der Waals surface area contributed by atoms with Crippen molar-refractivity contribution in [2.75, 3.05) is 26.2 Å². The maximum atomic E-state index is 14.2. The number of nitro benzene ring substituents is 1. The van der Waals surface area contributed by atoms with Crippen LogP contribution in [0.25, 0.3) is 0 Å². The molecule has 0 N–H and O–H groups in total. The standard InChI is InChI=1S/C17H15FN2O7/c1-25-14-9-12(20(23)24)11(18)8-13(14)19-7-5-4-6-10(16(21)26-2)15(19)17(22)27-3/h4-9H,1-3H3. The highest BCUT2D eigenvalue weighted by molar-refractivity contribution is 6.05. The molecule has 9 nitrogen and oxygen atoms in total. The minimum Gasteiger partial charge on any atom is -0.494 e. The molecule has 0 spiro atoms. The highest BCUT2D eigenvalue weighted by atomic mass is 19.1. The summed E-state index contributed by atoms with van der Waals surface area (Å²) in [6.07, 6.45) is 5.60. The number of ether oxygens (including phenoxy) is 3. The molecule has 1 heterocycles. The van der Waals surface area contributed by atoms with Crippen LogP contribution in [-0.2, 0) is 19.1 Å². The number of anilines is 1. The van der Waals surface area contributed by atoms with Crippen molar-refractivity contribution in [2.45, 2.75) is 0 Å². The number of nitrogens with zero attached hydrogens (tertiary/aromatic N) is 2. The van der Waals surface area contributed by atoms with E-state index in [1.807, 2.05) is 0 Å². The van der Waals surface area contributed by atoms with Crippen LogP contribution in [0.15, 0.2) is 47.8 Å². The fraction of sp³-hybridized carbons (Fsp3) is 0.176. The minimum atomic E-state index is -1.15. The summed E-state index contributed by atoms with van der Waals surface area (Å²) >= 11 is 0. The molecule has 0 aromatic heterocycles. The van der Waals surface area contributed by atoms with Crippen molar-refractivity contribution >= 4 is 23.3 Å². The second-order valence-electron chi connectivity index (χ2n) is 5.05. The first-order valence-electron chi connectivity index (χ1n) is 7.42. The van der Waals surface area contributed by atoms with Gasteiger partial charge in [-0.2, -0.15) is 4.39 Å². The third kappa shape index (κ3) is 3.78. The molecule has 1 aliphatic heterocycles. The number of benzene rings is 1. The summed E-state index contributed by atoms with van der Waals surface area (Å²) < 4.78 is 28.7. The molecule has 1 aliphatic rings. The number of nitro groups is 1. The third-order valence-electron chi connectivity index (χ3n) is 3.59.